The molecule has 4 nitrogen and oxygen atoms in total. The van der Waals surface area contributed by atoms with E-state index in [1.807, 2.05) is 42.6 Å². The number of hydrogen-bond donors (Lipinski definition) is 0. The van der Waals surface area contributed by atoms with Crippen molar-refractivity contribution in [2.45, 2.75) is 70.8 Å². The number of fused-ring (bicyclic) bond motifs is 3. The van der Waals surface area contributed by atoms with Crippen molar-refractivity contribution in [2.75, 3.05) is 0 Å². The van der Waals surface area contributed by atoms with Crippen molar-refractivity contribution in [1.29, 1.82) is 0 Å². The van der Waals surface area contributed by atoms with Crippen molar-refractivity contribution >= 4 is 39.0 Å². The SMILES string of the molecule is CC(C)c1ccnc(-c2[c-]ccc3c2oc2ccccc23)c1.CC1(C)C=Cc2cc(C3CCCC3)cc3nc(-c4[c-]cccc4)n1c23.[Ir]. The van der Waals surface area contributed by atoms with Crippen LogP contribution in [0.25, 0.3) is 61.7 Å². The van der Waals surface area contributed by atoms with E-state index in [9.17, 15) is 0 Å². The molecule has 5 heteroatoms. The van der Waals surface area contributed by atoms with Gasteiger partial charge in [-0.25, -0.2) is 0 Å². The molecule has 4 heterocycles. The van der Waals surface area contributed by atoms with Crippen LogP contribution in [0.5, 0.6) is 0 Å². The van der Waals surface area contributed by atoms with Crippen LogP contribution in [0.2, 0.25) is 0 Å². The summed E-state index contributed by atoms with van der Waals surface area (Å²) in [4.78, 5) is 9.60. The normalized spacial score (nSPS) is 15.2. The Balaban J connectivity index is 0.000000150. The molecule has 0 bridgehead atoms. The van der Waals surface area contributed by atoms with Crippen LogP contribution in [0.15, 0.2) is 102 Å². The summed E-state index contributed by atoms with van der Waals surface area (Å²) in [6, 6.07) is 35.9. The number of benzene rings is 4. The van der Waals surface area contributed by atoms with Gasteiger partial charge in [0, 0.05) is 31.7 Å². The zero-order chi connectivity index (χ0) is 32.1. The van der Waals surface area contributed by atoms with E-state index in [1.54, 1.807) is 0 Å². The predicted molar refractivity (Wildman–Crippen MR) is 193 cm³/mol. The molecule has 1 aliphatic carbocycles. The molecular weight excluding hydrogens is 767 g/mol. The largest absolute Gasteiger partial charge is 0.501 e. The third-order valence-corrected chi connectivity index (χ3v) is 9.87. The van der Waals surface area contributed by atoms with Crippen molar-refractivity contribution in [3.63, 3.8) is 0 Å². The number of para-hydroxylation sites is 1. The van der Waals surface area contributed by atoms with E-state index in [4.69, 9.17) is 9.40 Å². The Morgan fingerprint density at radius 3 is 2.50 bits per heavy atom. The topological polar surface area (TPSA) is 43.9 Å². The van der Waals surface area contributed by atoms with Gasteiger partial charge < -0.3 is 14.0 Å². The molecule has 0 unspecified atom stereocenters. The van der Waals surface area contributed by atoms with Gasteiger partial charge in [-0.15, -0.1) is 54.1 Å². The Morgan fingerprint density at radius 1 is 0.896 bits per heavy atom. The van der Waals surface area contributed by atoms with Crippen molar-refractivity contribution in [1.82, 2.24) is 14.5 Å². The average Bonchev–Trinajstić information content (AvgIpc) is 3.86. The van der Waals surface area contributed by atoms with Gasteiger partial charge >= 0.3 is 0 Å². The second-order valence-electron chi connectivity index (χ2n) is 13.8. The van der Waals surface area contributed by atoms with E-state index in [0.29, 0.717) is 11.8 Å². The number of nitrogens with zero attached hydrogens (tertiary/aromatic N) is 3. The van der Waals surface area contributed by atoms with Crippen LogP contribution in [0, 0.1) is 12.1 Å². The second kappa shape index (κ2) is 13.0. The number of imidazole rings is 1. The fourth-order valence-corrected chi connectivity index (χ4v) is 7.35. The van der Waals surface area contributed by atoms with Crippen molar-refractivity contribution in [3.05, 3.63) is 126 Å². The summed E-state index contributed by atoms with van der Waals surface area (Å²) in [5.41, 5.74) is 11.0. The maximum Gasteiger partial charge on any atom is 0.120 e. The summed E-state index contributed by atoms with van der Waals surface area (Å²) in [7, 11) is 0. The molecule has 1 fully saturated rings. The zero-order valence-electron chi connectivity index (χ0n) is 27.9. The Morgan fingerprint density at radius 2 is 1.71 bits per heavy atom. The number of aromatic nitrogens is 3. The molecule has 9 rings (SSSR count). The van der Waals surface area contributed by atoms with Gasteiger partial charge in [-0.1, -0.05) is 79.6 Å². The molecule has 0 saturated heterocycles. The molecule has 0 amide bonds. The van der Waals surface area contributed by atoms with Gasteiger partial charge in [-0.2, -0.15) is 0 Å². The minimum Gasteiger partial charge on any atom is -0.501 e. The van der Waals surface area contributed by atoms with E-state index in [2.05, 4.69) is 110 Å². The van der Waals surface area contributed by atoms with Crippen LogP contribution in [0.3, 0.4) is 0 Å². The molecule has 0 spiro atoms. The molecule has 48 heavy (non-hydrogen) atoms. The quantitative estimate of drug-likeness (QED) is 0.166. The summed E-state index contributed by atoms with van der Waals surface area (Å²) >= 11 is 0. The van der Waals surface area contributed by atoms with Gasteiger partial charge in [0.05, 0.1) is 28.0 Å². The van der Waals surface area contributed by atoms with E-state index >= 15 is 0 Å². The summed E-state index contributed by atoms with van der Waals surface area (Å²) < 4.78 is 8.46. The fourth-order valence-electron chi connectivity index (χ4n) is 7.35. The van der Waals surface area contributed by atoms with Crippen LogP contribution in [-0.4, -0.2) is 14.5 Å². The molecule has 7 aromatic rings. The molecule has 2 aliphatic rings. The van der Waals surface area contributed by atoms with Gasteiger partial charge in [0.1, 0.15) is 5.58 Å². The van der Waals surface area contributed by atoms with E-state index < -0.39 is 0 Å². The summed E-state index contributed by atoms with van der Waals surface area (Å²) in [5.74, 6) is 2.20. The zero-order valence-corrected chi connectivity index (χ0v) is 30.3. The first-order chi connectivity index (χ1) is 22.9. The number of rotatable bonds is 4. The molecule has 1 saturated carbocycles. The van der Waals surface area contributed by atoms with Crippen molar-refractivity contribution in [2.24, 2.45) is 0 Å². The molecule has 4 aromatic carbocycles. The molecule has 0 N–H and O–H groups in total. The average molecular weight is 806 g/mol. The smallest absolute Gasteiger partial charge is 0.120 e. The van der Waals surface area contributed by atoms with Gasteiger partial charge in [0.15, 0.2) is 0 Å². The summed E-state index contributed by atoms with van der Waals surface area (Å²) in [5, 5.41) is 2.24. The Kier molecular flexibility index (Phi) is 8.70. The summed E-state index contributed by atoms with van der Waals surface area (Å²) in [6.07, 6.45) is 11.8. The first kappa shape index (κ1) is 32.2. The number of furan rings is 1. The number of pyridine rings is 1. The fraction of sp³-hybridized carbons (Fsp3) is 0.256. The van der Waals surface area contributed by atoms with Crippen LogP contribution < -0.4 is 0 Å². The molecule has 1 radical (unpaired) electrons. The number of hydrogen-bond acceptors (Lipinski definition) is 3. The predicted octanol–water partition coefficient (Wildman–Crippen LogP) is 11.5. The van der Waals surface area contributed by atoms with Crippen molar-refractivity contribution < 1.29 is 24.5 Å². The standard InChI is InChI=1S/C23H23N2.C20H16NO.Ir/c1-23(2)13-12-18-14-19(16-8-6-7-9-16)15-20-21(18)25(23)22(24-20)17-10-4-3-5-11-17;1-13(2)14-10-11-21-18(12-14)17-8-5-7-16-15-6-3-4-9-19(15)22-20(16)17;/h3-5,10,12-16H,6-9H2,1-2H3;3-7,9-13H,1-2H3;/q2*-1;. The minimum atomic E-state index is -0.0877. The Bertz CT molecular complexity index is 2270. The van der Waals surface area contributed by atoms with Crippen LogP contribution in [-0.2, 0) is 25.6 Å². The van der Waals surface area contributed by atoms with Crippen LogP contribution in [0.4, 0.5) is 0 Å². The van der Waals surface area contributed by atoms with Gasteiger partial charge in [0.2, 0.25) is 0 Å². The van der Waals surface area contributed by atoms with Crippen LogP contribution >= 0.6 is 0 Å². The molecule has 243 valence electrons. The third kappa shape index (κ3) is 5.74. The number of allylic oxidation sites excluding steroid dienone is 1. The van der Waals surface area contributed by atoms with E-state index in [-0.39, 0.29) is 25.6 Å². The molecule has 0 atom stereocenters. The minimum absolute atomic E-state index is 0. The van der Waals surface area contributed by atoms with Crippen molar-refractivity contribution in [3.8, 4) is 22.6 Å². The van der Waals surface area contributed by atoms with Gasteiger partial charge in [0.25, 0.3) is 0 Å². The first-order valence-electron chi connectivity index (χ1n) is 16.9. The van der Waals surface area contributed by atoms with Crippen LogP contribution in [0.1, 0.15) is 81.9 Å². The second-order valence-corrected chi connectivity index (χ2v) is 13.8. The van der Waals surface area contributed by atoms with Gasteiger partial charge in [-0.3, -0.25) is 4.98 Å². The van der Waals surface area contributed by atoms with E-state index in [1.165, 1.54) is 47.9 Å². The summed E-state index contributed by atoms with van der Waals surface area (Å²) in [6.45, 7) is 8.88. The molecule has 1 aliphatic heterocycles. The monoisotopic (exact) mass is 806 g/mol. The Labute approximate surface area is 296 Å². The molecular formula is C43H39IrN3O-2. The van der Waals surface area contributed by atoms with E-state index in [0.717, 1.165) is 50.1 Å². The molecule has 3 aromatic heterocycles. The van der Waals surface area contributed by atoms with Gasteiger partial charge in [-0.05, 0) is 79.6 Å². The third-order valence-electron chi connectivity index (χ3n) is 9.87. The first-order valence-corrected chi connectivity index (χ1v) is 16.9. The Hall–Kier alpha value is -4.31. The maximum atomic E-state index is 6.07. The maximum absolute atomic E-state index is 6.07.